The van der Waals surface area contributed by atoms with E-state index in [1.165, 1.54) is 6.07 Å². The average Bonchev–Trinajstić information content (AvgIpc) is 2.33. The van der Waals surface area contributed by atoms with Gasteiger partial charge >= 0.3 is 5.97 Å². The minimum absolute atomic E-state index is 0.204. The van der Waals surface area contributed by atoms with Crippen LogP contribution in [0, 0.1) is 0 Å². The smallest absolute Gasteiger partial charge is 0.344 e. The van der Waals surface area contributed by atoms with Crippen molar-refractivity contribution in [1.29, 1.82) is 0 Å². The standard InChI is InChI=1S/C12H12Cl2O4/c13-9-3-4-11(10(14)7-9)18-8-12(16)17-6-2-1-5-15/h3-5,7H,1-2,6,8H2. The molecule has 0 radical (unpaired) electrons. The molecule has 1 aromatic rings. The van der Waals surface area contributed by atoms with Crippen LogP contribution >= 0.6 is 23.2 Å². The summed E-state index contributed by atoms with van der Waals surface area (Å²) in [7, 11) is 0. The van der Waals surface area contributed by atoms with Gasteiger partial charge in [-0.1, -0.05) is 23.2 Å². The predicted octanol–water partition coefficient (Wildman–Crippen LogP) is 2.89. The van der Waals surface area contributed by atoms with Crippen LogP contribution in [-0.4, -0.2) is 25.5 Å². The van der Waals surface area contributed by atoms with Crippen molar-refractivity contribution in [2.75, 3.05) is 13.2 Å². The molecule has 0 amide bonds. The molecule has 0 N–H and O–H groups in total. The SMILES string of the molecule is O=CCCCOC(=O)COc1ccc(Cl)cc1Cl. The number of ether oxygens (including phenoxy) is 2. The number of rotatable bonds is 7. The second-order valence-corrected chi connectivity index (χ2v) is 4.24. The Hall–Kier alpha value is -1.26. The number of aldehydes is 1. The van der Waals surface area contributed by atoms with Crippen LogP contribution in [0.15, 0.2) is 18.2 Å². The van der Waals surface area contributed by atoms with Crippen molar-refractivity contribution in [2.45, 2.75) is 12.8 Å². The Balaban J connectivity index is 2.31. The van der Waals surface area contributed by atoms with Crippen molar-refractivity contribution in [2.24, 2.45) is 0 Å². The maximum Gasteiger partial charge on any atom is 0.344 e. The Kier molecular flexibility index (Phi) is 6.54. The van der Waals surface area contributed by atoms with Crippen LogP contribution in [0.3, 0.4) is 0 Å². The Morgan fingerprint density at radius 1 is 1.33 bits per heavy atom. The van der Waals surface area contributed by atoms with Gasteiger partial charge in [0.1, 0.15) is 12.0 Å². The fraction of sp³-hybridized carbons (Fsp3) is 0.333. The highest BCUT2D eigenvalue weighted by Gasteiger charge is 2.07. The van der Waals surface area contributed by atoms with Gasteiger partial charge in [0, 0.05) is 11.4 Å². The van der Waals surface area contributed by atoms with Gasteiger partial charge in [-0.05, 0) is 24.6 Å². The van der Waals surface area contributed by atoms with Gasteiger partial charge < -0.3 is 14.3 Å². The molecule has 0 saturated heterocycles. The molecule has 0 spiro atoms. The summed E-state index contributed by atoms with van der Waals surface area (Å²) in [5.41, 5.74) is 0. The molecule has 98 valence electrons. The highest BCUT2D eigenvalue weighted by molar-refractivity contribution is 6.35. The summed E-state index contributed by atoms with van der Waals surface area (Å²) in [5, 5.41) is 0.819. The van der Waals surface area contributed by atoms with Gasteiger partial charge in [0.25, 0.3) is 0 Å². The third-order valence-corrected chi connectivity index (χ3v) is 2.50. The van der Waals surface area contributed by atoms with Gasteiger partial charge in [-0.3, -0.25) is 0 Å². The van der Waals surface area contributed by atoms with E-state index in [1.54, 1.807) is 12.1 Å². The van der Waals surface area contributed by atoms with Crippen LogP contribution in [-0.2, 0) is 14.3 Å². The summed E-state index contributed by atoms with van der Waals surface area (Å²) >= 11 is 11.6. The summed E-state index contributed by atoms with van der Waals surface area (Å²) < 4.78 is 10.0. The monoisotopic (exact) mass is 290 g/mol. The first kappa shape index (κ1) is 14.8. The van der Waals surface area contributed by atoms with Crippen molar-refractivity contribution in [3.05, 3.63) is 28.2 Å². The van der Waals surface area contributed by atoms with Crippen LogP contribution in [0.4, 0.5) is 0 Å². The lowest BCUT2D eigenvalue weighted by atomic mass is 10.3. The molecule has 6 heteroatoms. The number of halogens is 2. The molecule has 0 fully saturated rings. The largest absolute Gasteiger partial charge is 0.480 e. The molecular formula is C12H12Cl2O4. The van der Waals surface area contributed by atoms with Crippen molar-refractivity contribution in [3.63, 3.8) is 0 Å². The van der Waals surface area contributed by atoms with Crippen molar-refractivity contribution >= 4 is 35.5 Å². The molecule has 0 atom stereocenters. The molecule has 0 saturated carbocycles. The van der Waals surface area contributed by atoms with E-state index in [1.807, 2.05) is 0 Å². The Labute approximate surface area is 115 Å². The summed E-state index contributed by atoms with van der Waals surface area (Å²) in [6, 6.07) is 4.70. The van der Waals surface area contributed by atoms with Crippen molar-refractivity contribution in [3.8, 4) is 5.75 Å². The molecule has 0 aliphatic rings. The molecule has 0 bridgehead atoms. The van der Waals surface area contributed by atoms with Crippen LogP contribution < -0.4 is 4.74 Å². The first-order valence-electron chi connectivity index (χ1n) is 5.30. The van der Waals surface area contributed by atoms with Gasteiger partial charge in [0.2, 0.25) is 0 Å². The van der Waals surface area contributed by atoms with E-state index < -0.39 is 5.97 Å². The third-order valence-electron chi connectivity index (χ3n) is 1.97. The number of esters is 1. The fourth-order valence-electron chi connectivity index (χ4n) is 1.12. The Morgan fingerprint density at radius 2 is 2.11 bits per heavy atom. The number of hydrogen-bond acceptors (Lipinski definition) is 4. The number of carbonyl (C=O) groups excluding carboxylic acids is 2. The van der Waals surface area contributed by atoms with Crippen LogP contribution in [0.1, 0.15) is 12.8 Å². The van der Waals surface area contributed by atoms with Crippen molar-refractivity contribution in [1.82, 2.24) is 0 Å². The highest BCUT2D eigenvalue weighted by Crippen LogP contribution is 2.27. The van der Waals surface area contributed by atoms with E-state index in [2.05, 4.69) is 0 Å². The van der Waals surface area contributed by atoms with Gasteiger partial charge in [-0.2, -0.15) is 0 Å². The molecular weight excluding hydrogens is 279 g/mol. The summed E-state index contributed by atoms with van der Waals surface area (Å²) in [6.45, 7) is -0.0300. The molecule has 0 aliphatic carbocycles. The molecule has 0 heterocycles. The van der Waals surface area contributed by atoms with E-state index >= 15 is 0 Å². The molecule has 1 rings (SSSR count). The van der Waals surface area contributed by atoms with Gasteiger partial charge in [-0.15, -0.1) is 0 Å². The maximum atomic E-state index is 11.3. The lowest BCUT2D eigenvalue weighted by Gasteiger charge is -2.08. The normalized spacial score (nSPS) is 9.89. The van der Waals surface area contributed by atoms with E-state index in [0.717, 1.165) is 6.29 Å². The summed E-state index contributed by atoms with van der Waals surface area (Å²) in [4.78, 5) is 21.3. The molecule has 0 aromatic heterocycles. The summed E-state index contributed by atoms with van der Waals surface area (Å²) in [5.74, 6) is -0.141. The molecule has 18 heavy (non-hydrogen) atoms. The zero-order valence-corrected chi connectivity index (χ0v) is 11.0. The average molecular weight is 291 g/mol. The molecule has 0 unspecified atom stereocenters. The Morgan fingerprint density at radius 3 is 2.78 bits per heavy atom. The molecule has 0 aliphatic heterocycles. The maximum absolute atomic E-state index is 11.3. The van der Waals surface area contributed by atoms with E-state index in [-0.39, 0.29) is 13.2 Å². The lowest BCUT2D eigenvalue weighted by molar-refractivity contribution is -0.146. The third kappa shape index (κ3) is 5.38. The second kappa shape index (κ2) is 7.95. The number of hydrogen-bond donors (Lipinski definition) is 0. The van der Waals surface area contributed by atoms with Crippen molar-refractivity contribution < 1.29 is 19.1 Å². The number of unbranched alkanes of at least 4 members (excludes halogenated alkanes) is 1. The zero-order chi connectivity index (χ0) is 13.4. The first-order valence-corrected chi connectivity index (χ1v) is 6.06. The number of carbonyl (C=O) groups is 2. The van der Waals surface area contributed by atoms with E-state index in [0.29, 0.717) is 28.6 Å². The Bertz CT molecular complexity index is 421. The highest BCUT2D eigenvalue weighted by atomic mass is 35.5. The summed E-state index contributed by atoms with van der Waals surface area (Å²) in [6.07, 6.45) is 1.66. The van der Waals surface area contributed by atoms with E-state index in [9.17, 15) is 9.59 Å². The molecule has 4 nitrogen and oxygen atoms in total. The van der Waals surface area contributed by atoms with Gasteiger partial charge in [0.15, 0.2) is 6.61 Å². The van der Waals surface area contributed by atoms with Gasteiger partial charge in [-0.25, -0.2) is 4.79 Å². The van der Waals surface area contributed by atoms with Gasteiger partial charge in [0.05, 0.1) is 11.6 Å². The van der Waals surface area contributed by atoms with E-state index in [4.69, 9.17) is 32.7 Å². The molecule has 1 aromatic carbocycles. The zero-order valence-electron chi connectivity index (χ0n) is 9.53. The van der Waals surface area contributed by atoms with Crippen LogP contribution in [0.25, 0.3) is 0 Å². The second-order valence-electron chi connectivity index (χ2n) is 3.39. The fourth-order valence-corrected chi connectivity index (χ4v) is 1.59. The van der Waals surface area contributed by atoms with Crippen LogP contribution in [0.5, 0.6) is 5.75 Å². The predicted molar refractivity (Wildman–Crippen MR) is 68.2 cm³/mol. The minimum Gasteiger partial charge on any atom is -0.480 e. The lowest BCUT2D eigenvalue weighted by Crippen LogP contribution is -2.15. The minimum atomic E-state index is -0.507. The van der Waals surface area contributed by atoms with Crippen LogP contribution in [0.2, 0.25) is 10.0 Å². The quantitative estimate of drug-likeness (QED) is 0.440. The topological polar surface area (TPSA) is 52.6 Å². The number of benzene rings is 1. The first-order chi connectivity index (χ1) is 8.63.